The maximum Gasteiger partial charge on any atom is 0.222 e. The van der Waals surface area contributed by atoms with E-state index in [9.17, 15) is 4.79 Å². The normalized spacial score (nSPS) is 13.3. The number of hydrogen-bond donors (Lipinski definition) is 2. The van der Waals surface area contributed by atoms with Crippen LogP contribution in [0.5, 0.6) is 0 Å². The summed E-state index contributed by atoms with van der Waals surface area (Å²) < 4.78 is 1.06. The van der Waals surface area contributed by atoms with Crippen molar-refractivity contribution in [2.24, 2.45) is 5.73 Å². The third kappa shape index (κ3) is 7.07. The van der Waals surface area contributed by atoms with Crippen LogP contribution in [0.3, 0.4) is 0 Å². The zero-order valence-electron chi connectivity index (χ0n) is 13.3. The van der Waals surface area contributed by atoms with Crippen molar-refractivity contribution in [3.8, 4) is 0 Å². The van der Waals surface area contributed by atoms with Crippen LogP contribution in [0.25, 0.3) is 0 Å². The quantitative estimate of drug-likeness (QED) is 0.824. The van der Waals surface area contributed by atoms with Gasteiger partial charge in [0, 0.05) is 35.6 Å². The van der Waals surface area contributed by atoms with Crippen molar-refractivity contribution in [2.75, 3.05) is 13.6 Å². The molecule has 0 spiro atoms. The zero-order valence-corrected chi connectivity index (χ0v) is 14.9. The predicted molar refractivity (Wildman–Crippen MR) is 91.0 cm³/mol. The third-order valence-electron chi connectivity index (χ3n) is 3.15. The molecule has 118 valence electrons. The van der Waals surface area contributed by atoms with Crippen molar-refractivity contribution in [3.05, 3.63) is 34.3 Å². The number of hydrogen-bond acceptors (Lipinski definition) is 3. The second kappa shape index (κ2) is 7.92. The summed E-state index contributed by atoms with van der Waals surface area (Å²) in [6.45, 7) is 7.17. The molecule has 0 aromatic heterocycles. The summed E-state index contributed by atoms with van der Waals surface area (Å²) in [5, 5.41) is 2.98. The topological polar surface area (TPSA) is 58.4 Å². The van der Waals surface area contributed by atoms with Crippen LogP contribution in [0.2, 0.25) is 0 Å². The maximum absolute atomic E-state index is 12.0. The van der Waals surface area contributed by atoms with Gasteiger partial charge in [0.25, 0.3) is 0 Å². The molecule has 1 unspecified atom stereocenters. The highest BCUT2D eigenvalue weighted by molar-refractivity contribution is 9.10. The molecule has 3 N–H and O–H groups in total. The molecule has 0 fully saturated rings. The van der Waals surface area contributed by atoms with E-state index in [1.54, 1.807) is 0 Å². The standard InChI is InChI=1S/C16H26BrN3O/c1-16(2,3)19-15(21)9-14(10-18)20(4)11-12-6-5-7-13(17)8-12/h5-8,14H,9-11,18H2,1-4H3,(H,19,21). The first-order valence-electron chi connectivity index (χ1n) is 7.17. The van der Waals surface area contributed by atoms with Crippen LogP contribution in [0.4, 0.5) is 0 Å². The van der Waals surface area contributed by atoms with E-state index in [2.05, 4.69) is 38.3 Å². The van der Waals surface area contributed by atoms with Crippen molar-refractivity contribution in [1.29, 1.82) is 0 Å². The van der Waals surface area contributed by atoms with Crippen LogP contribution in [-0.4, -0.2) is 36.0 Å². The summed E-state index contributed by atoms with van der Waals surface area (Å²) in [6.07, 6.45) is 0.415. The molecule has 0 saturated heterocycles. The van der Waals surface area contributed by atoms with E-state index in [4.69, 9.17) is 5.73 Å². The Labute approximate surface area is 136 Å². The van der Waals surface area contributed by atoms with Gasteiger partial charge in [-0.3, -0.25) is 9.69 Å². The van der Waals surface area contributed by atoms with Crippen LogP contribution in [0.15, 0.2) is 28.7 Å². The van der Waals surface area contributed by atoms with Crippen LogP contribution >= 0.6 is 15.9 Å². The second-order valence-electron chi connectivity index (χ2n) is 6.44. The van der Waals surface area contributed by atoms with Crippen LogP contribution in [0, 0.1) is 0 Å². The summed E-state index contributed by atoms with van der Waals surface area (Å²) in [6, 6.07) is 8.20. The Morgan fingerprint density at radius 3 is 2.62 bits per heavy atom. The fourth-order valence-corrected chi connectivity index (χ4v) is 2.60. The van der Waals surface area contributed by atoms with Gasteiger partial charge in [-0.25, -0.2) is 0 Å². The van der Waals surface area contributed by atoms with Gasteiger partial charge in [-0.05, 0) is 45.5 Å². The van der Waals surface area contributed by atoms with Gasteiger partial charge in [0.15, 0.2) is 0 Å². The van der Waals surface area contributed by atoms with Crippen molar-refractivity contribution >= 4 is 21.8 Å². The lowest BCUT2D eigenvalue weighted by Gasteiger charge is -2.28. The first-order valence-corrected chi connectivity index (χ1v) is 7.96. The molecule has 1 aromatic rings. The first kappa shape index (κ1) is 18.1. The Balaban J connectivity index is 2.61. The van der Waals surface area contributed by atoms with E-state index >= 15 is 0 Å². The molecule has 21 heavy (non-hydrogen) atoms. The van der Waals surface area contributed by atoms with Gasteiger partial charge in [-0.15, -0.1) is 0 Å². The number of nitrogens with one attached hydrogen (secondary N) is 1. The molecule has 1 rings (SSSR count). The third-order valence-corrected chi connectivity index (χ3v) is 3.65. The van der Waals surface area contributed by atoms with Gasteiger partial charge >= 0.3 is 0 Å². The van der Waals surface area contributed by atoms with E-state index in [1.807, 2.05) is 40.0 Å². The summed E-state index contributed by atoms with van der Waals surface area (Å²) in [5.41, 5.74) is 6.83. The Hall–Kier alpha value is -0.910. The Bertz CT molecular complexity index is 471. The van der Waals surface area contributed by atoms with E-state index in [0.29, 0.717) is 13.0 Å². The number of nitrogens with two attached hydrogens (primary N) is 1. The predicted octanol–water partition coefficient (Wildman–Crippen LogP) is 2.51. The summed E-state index contributed by atoms with van der Waals surface area (Å²) >= 11 is 3.47. The number of carbonyl (C=O) groups is 1. The molecule has 1 atom stereocenters. The minimum absolute atomic E-state index is 0.0336. The van der Waals surface area contributed by atoms with Crippen LogP contribution < -0.4 is 11.1 Å². The SMILES string of the molecule is CN(Cc1cccc(Br)c1)C(CN)CC(=O)NC(C)(C)C. The minimum Gasteiger partial charge on any atom is -0.351 e. The molecule has 1 aromatic carbocycles. The average molecular weight is 356 g/mol. The molecule has 0 heterocycles. The number of amides is 1. The molecule has 0 bridgehead atoms. The highest BCUT2D eigenvalue weighted by Gasteiger charge is 2.20. The fourth-order valence-electron chi connectivity index (χ4n) is 2.15. The van der Waals surface area contributed by atoms with Crippen molar-refractivity contribution in [3.63, 3.8) is 0 Å². The monoisotopic (exact) mass is 355 g/mol. The molecule has 1 amide bonds. The van der Waals surface area contributed by atoms with Gasteiger partial charge in [0.1, 0.15) is 0 Å². The van der Waals surface area contributed by atoms with Crippen molar-refractivity contribution in [2.45, 2.75) is 45.3 Å². The highest BCUT2D eigenvalue weighted by Crippen LogP contribution is 2.14. The fraction of sp³-hybridized carbons (Fsp3) is 0.562. The number of halogens is 1. The number of nitrogens with zero attached hydrogens (tertiary/aromatic N) is 1. The van der Waals surface area contributed by atoms with Gasteiger partial charge in [0.2, 0.25) is 5.91 Å². The summed E-state index contributed by atoms with van der Waals surface area (Å²) in [7, 11) is 2.00. The van der Waals surface area contributed by atoms with Gasteiger partial charge < -0.3 is 11.1 Å². The average Bonchev–Trinajstić information content (AvgIpc) is 2.33. The Morgan fingerprint density at radius 1 is 1.43 bits per heavy atom. The minimum atomic E-state index is -0.209. The van der Waals surface area contributed by atoms with Crippen LogP contribution in [0.1, 0.15) is 32.8 Å². The number of benzene rings is 1. The number of likely N-dealkylation sites (N-methyl/N-ethyl adjacent to an activating group) is 1. The molecule has 5 heteroatoms. The van der Waals surface area contributed by atoms with E-state index in [-0.39, 0.29) is 17.5 Å². The summed E-state index contributed by atoms with van der Waals surface area (Å²) in [5.74, 6) is 0.0408. The smallest absolute Gasteiger partial charge is 0.222 e. The molecule has 0 aliphatic heterocycles. The Morgan fingerprint density at radius 2 is 2.10 bits per heavy atom. The van der Waals surface area contributed by atoms with E-state index < -0.39 is 0 Å². The zero-order chi connectivity index (χ0) is 16.0. The molecule has 0 aliphatic rings. The molecule has 0 aliphatic carbocycles. The van der Waals surface area contributed by atoms with E-state index in [0.717, 1.165) is 11.0 Å². The lowest BCUT2D eigenvalue weighted by molar-refractivity contribution is -0.123. The van der Waals surface area contributed by atoms with E-state index in [1.165, 1.54) is 5.56 Å². The number of carbonyl (C=O) groups excluding carboxylic acids is 1. The molecule has 0 saturated carbocycles. The molecular weight excluding hydrogens is 330 g/mol. The van der Waals surface area contributed by atoms with Gasteiger partial charge in [-0.1, -0.05) is 28.1 Å². The first-order chi connectivity index (χ1) is 9.71. The summed E-state index contributed by atoms with van der Waals surface area (Å²) in [4.78, 5) is 14.2. The molecular formula is C16H26BrN3O. The second-order valence-corrected chi connectivity index (χ2v) is 7.35. The molecule has 4 nitrogen and oxygen atoms in total. The maximum atomic E-state index is 12.0. The molecule has 0 radical (unpaired) electrons. The number of rotatable bonds is 6. The lowest BCUT2D eigenvalue weighted by Crippen LogP contribution is -2.46. The largest absolute Gasteiger partial charge is 0.351 e. The van der Waals surface area contributed by atoms with Crippen molar-refractivity contribution in [1.82, 2.24) is 10.2 Å². The van der Waals surface area contributed by atoms with Gasteiger partial charge in [0.05, 0.1) is 0 Å². The lowest BCUT2D eigenvalue weighted by atomic mass is 10.1. The van der Waals surface area contributed by atoms with Crippen molar-refractivity contribution < 1.29 is 4.79 Å². The Kier molecular flexibility index (Phi) is 6.84. The highest BCUT2D eigenvalue weighted by atomic mass is 79.9. The van der Waals surface area contributed by atoms with Crippen LogP contribution in [-0.2, 0) is 11.3 Å². The van der Waals surface area contributed by atoms with Gasteiger partial charge in [-0.2, -0.15) is 0 Å².